The number of rotatable bonds is 6. The fraction of sp³-hybridized carbons (Fsp3) is 0.0909. The quantitative estimate of drug-likeness (QED) is 0.185. The van der Waals surface area contributed by atoms with E-state index in [2.05, 4.69) is 88.2 Å². The number of thioether (sulfide) groups is 1. The zero-order chi connectivity index (χ0) is 26.8. The molecule has 0 saturated carbocycles. The van der Waals surface area contributed by atoms with Crippen LogP contribution in [-0.2, 0) is 11.3 Å². The lowest BCUT2D eigenvalue weighted by molar-refractivity contribution is -0.123. The molecule has 0 spiro atoms. The normalized spacial score (nSPS) is 16.5. The molecule has 2 heterocycles. The van der Waals surface area contributed by atoms with Gasteiger partial charge in [0.1, 0.15) is 0 Å². The van der Waals surface area contributed by atoms with Crippen LogP contribution in [0.1, 0.15) is 29.7 Å². The monoisotopic (exact) mass is 591 g/mol. The summed E-state index contributed by atoms with van der Waals surface area (Å²) in [5.74, 6) is -0.0317. The third-order valence-corrected chi connectivity index (χ3v) is 8.37. The number of carbonyl (C=O) groups is 1. The molecule has 0 N–H and O–H groups in total. The second kappa shape index (κ2) is 11.1. The number of halogens is 1. The second-order valence-corrected chi connectivity index (χ2v) is 11.4. The van der Waals surface area contributed by atoms with Gasteiger partial charge in [0.05, 0.1) is 16.6 Å². The van der Waals surface area contributed by atoms with E-state index in [9.17, 15) is 4.79 Å². The predicted octanol–water partition coefficient (Wildman–Crippen LogP) is 8.82. The molecule has 1 amide bonds. The van der Waals surface area contributed by atoms with Gasteiger partial charge in [0.2, 0.25) is 0 Å². The number of amides is 1. The van der Waals surface area contributed by atoms with Crippen LogP contribution in [0.3, 0.4) is 0 Å². The zero-order valence-corrected chi connectivity index (χ0v) is 23.8. The van der Waals surface area contributed by atoms with Gasteiger partial charge >= 0.3 is 0 Å². The highest BCUT2D eigenvalue weighted by molar-refractivity contribution is 9.10. The lowest BCUT2D eigenvalue weighted by Crippen LogP contribution is -2.32. The summed E-state index contributed by atoms with van der Waals surface area (Å²) in [7, 11) is 0. The van der Waals surface area contributed by atoms with Crippen LogP contribution in [0.15, 0.2) is 130 Å². The van der Waals surface area contributed by atoms with Gasteiger partial charge in [-0.2, -0.15) is 0 Å². The number of hydrogen-bond donors (Lipinski definition) is 0. The molecule has 1 saturated heterocycles. The number of aliphatic imine (C=N–C) groups is 1. The first-order valence-electron chi connectivity index (χ1n) is 12.8. The fourth-order valence-electron chi connectivity index (χ4n) is 4.85. The fourth-order valence-corrected chi connectivity index (χ4v) is 6.17. The minimum atomic E-state index is -0.154. The Morgan fingerprint density at radius 3 is 2.28 bits per heavy atom. The first-order valence-corrected chi connectivity index (χ1v) is 14.4. The molecule has 4 aromatic carbocycles. The lowest BCUT2D eigenvalue weighted by atomic mass is 10.1. The molecule has 1 aliphatic heterocycles. The number of nitrogens with zero attached hydrogens (tertiary/aromatic N) is 3. The van der Waals surface area contributed by atoms with Crippen molar-refractivity contribution in [2.45, 2.75) is 19.5 Å². The maximum Gasteiger partial charge on any atom is 0.267 e. The summed E-state index contributed by atoms with van der Waals surface area (Å²) in [6, 6.07) is 36.5. The molecule has 192 valence electrons. The highest BCUT2D eigenvalue weighted by Gasteiger charge is 2.37. The molecule has 1 atom stereocenters. The van der Waals surface area contributed by atoms with E-state index in [0.29, 0.717) is 10.1 Å². The largest absolute Gasteiger partial charge is 0.342 e. The maximum atomic E-state index is 13.9. The summed E-state index contributed by atoms with van der Waals surface area (Å²) in [6.07, 6.45) is 4.16. The molecule has 5 aromatic rings. The van der Waals surface area contributed by atoms with Gasteiger partial charge in [0, 0.05) is 33.7 Å². The van der Waals surface area contributed by atoms with E-state index in [0.717, 1.165) is 38.7 Å². The van der Waals surface area contributed by atoms with Crippen molar-refractivity contribution in [1.82, 2.24) is 9.47 Å². The van der Waals surface area contributed by atoms with E-state index in [4.69, 9.17) is 4.99 Å². The van der Waals surface area contributed by atoms with Gasteiger partial charge < -0.3 is 4.57 Å². The number of amidine groups is 1. The smallest absolute Gasteiger partial charge is 0.267 e. The third-order valence-electron chi connectivity index (χ3n) is 6.86. The van der Waals surface area contributed by atoms with Crippen LogP contribution in [-0.4, -0.2) is 20.5 Å². The third kappa shape index (κ3) is 5.35. The molecule has 1 fully saturated rings. The van der Waals surface area contributed by atoms with E-state index in [1.54, 1.807) is 0 Å². The molecule has 6 rings (SSSR count). The van der Waals surface area contributed by atoms with Crippen molar-refractivity contribution < 1.29 is 4.79 Å². The summed E-state index contributed by atoms with van der Waals surface area (Å²) in [6.45, 7) is 2.80. The van der Waals surface area contributed by atoms with Crippen LogP contribution in [0.5, 0.6) is 0 Å². The number of aromatic nitrogens is 1. The summed E-state index contributed by atoms with van der Waals surface area (Å²) >= 11 is 4.96. The molecule has 0 bridgehead atoms. The van der Waals surface area contributed by atoms with Crippen molar-refractivity contribution in [3.8, 4) is 0 Å². The van der Waals surface area contributed by atoms with Crippen LogP contribution in [0.25, 0.3) is 17.0 Å². The van der Waals surface area contributed by atoms with Crippen molar-refractivity contribution in [3.63, 3.8) is 0 Å². The van der Waals surface area contributed by atoms with E-state index in [1.807, 2.05) is 65.6 Å². The Balaban J connectivity index is 1.40. The molecule has 6 heteroatoms. The molecule has 0 unspecified atom stereocenters. The van der Waals surface area contributed by atoms with Gasteiger partial charge in [-0.05, 0) is 66.2 Å². The molecular formula is C33H26BrN3OS. The Labute approximate surface area is 240 Å². The topological polar surface area (TPSA) is 37.6 Å². The number of fused-ring (bicyclic) bond motifs is 1. The van der Waals surface area contributed by atoms with E-state index >= 15 is 0 Å². The van der Waals surface area contributed by atoms with Gasteiger partial charge in [-0.25, -0.2) is 4.99 Å². The van der Waals surface area contributed by atoms with Crippen LogP contribution in [0.4, 0.5) is 5.69 Å². The van der Waals surface area contributed by atoms with E-state index < -0.39 is 0 Å². The molecule has 1 aliphatic rings. The van der Waals surface area contributed by atoms with Crippen molar-refractivity contribution in [3.05, 3.63) is 141 Å². The minimum absolute atomic E-state index is 0.0317. The van der Waals surface area contributed by atoms with Gasteiger partial charge in [-0.15, -0.1) is 0 Å². The van der Waals surface area contributed by atoms with Crippen LogP contribution >= 0.6 is 27.7 Å². The zero-order valence-electron chi connectivity index (χ0n) is 21.4. The van der Waals surface area contributed by atoms with Gasteiger partial charge in [-0.1, -0.05) is 94.8 Å². The average Bonchev–Trinajstić information content (AvgIpc) is 3.47. The van der Waals surface area contributed by atoms with Gasteiger partial charge in [0.15, 0.2) is 5.17 Å². The Morgan fingerprint density at radius 1 is 0.872 bits per heavy atom. The summed E-state index contributed by atoms with van der Waals surface area (Å²) in [5.41, 5.74) is 5.26. The first-order chi connectivity index (χ1) is 19.1. The SMILES string of the molecule is C[C@@H](c1ccccc1)N1C(=O)/C(=C\c2cn(Cc3ccc(Br)cc3)c3ccccc23)SC1=Nc1ccccc1. The Kier molecular flexibility index (Phi) is 7.22. The molecule has 0 aliphatic carbocycles. The number of carbonyl (C=O) groups excluding carboxylic acids is 1. The Hall–Kier alpha value is -3.87. The van der Waals surface area contributed by atoms with Crippen LogP contribution in [0, 0.1) is 0 Å². The highest BCUT2D eigenvalue weighted by Crippen LogP contribution is 2.40. The van der Waals surface area contributed by atoms with Crippen LogP contribution < -0.4 is 0 Å². The molecule has 39 heavy (non-hydrogen) atoms. The van der Waals surface area contributed by atoms with Crippen molar-refractivity contribution in [2.75, 3.05) is 0 Å². The maximum absolute atomic E-state index is 13.9. The Morgan fingerprint density at radius 2 is 1.54 bits per heavy atom. The Bertz CT molecular complexity index is 1690. The molecule has 0 radical (unpaired) electrons. The average molecular weight is 593 g/mol. The summed E-state index contributed by atoms with van der Waals surface area (Å²) in [4.78, 5) is 21.3. The van der Waals surface area contributed by atoms with Crippen molar-refractivity contribution in [1.29, 1.82) is 0 Å². The van der Waals surface area contributed by atoms with Gasteiger partial charge in [-0.3, -0.25) is 9.69 Å². The second-order valence-electron chi connectivity index (χ2n) is 9.46. The van der Waals surface area contributed by atoms with Crippen molar-refractivity contribution >= 4 is 61.4 Å². The number of hydrogen-bond acceptors (Lipinski definition) is 3. The van der Waals surface area contributed by atoms with Crippen LogP contribution in [0.2, 0.25) is 0 Å². The number of para-hydroxylation sites is 2. The predicted molar refractivity (Wildman–Crippen MR) is 166 cm³/mol. The number of benzene rings is 4. The van der Waals surface area contributed by atoms with Gasteiger partial charge in [0.25, 0.3) is 5.91 Å². The lowest BCUT2D eigenvalue weighted by Gasteiger charge is -2.24. The standard InChI is InChI=1S/C33H26BrN3OS/c1-23(25-10-4-2-5-11-25)37-32(38)31(39-33(37)35-28-12-6-3-7-13-28)20-26-22-36(30-15-9-8-14-29(26)30)21-24-16-18-27(34)19-17-24/h2-20,22-23H,21H2,1H3/b31-20+,35-33?/t23-/m0/s1. The molecular weight excluding hydrogens is 566 g/mol. The summed E-state index contributed by atoms with van der Waals surface area (Å²) in [5, 5.41) is 1.80. The van der Waals surface area contributed by atoms with E-state index in [-0.39, 0.29) is 11.9 Å². The van der Waals surface area contributed by atoms with Crippen molar-refractivity contribution in [2.24, 2.45) is 4.99 Å². The summed E-state index contributed by atoms with van der Waals surface area (Å²) < 4.78 is 3.31. The molecule has 1 aromatic heterocycles. The minimum Gasteiger partial charge on any atom is -0.342 e. The highest BCUT2D eigenvalue weighted by atomic mass is 79.9. The van der Waals surface area contributed by atoms with E-state index in [1.165, 1.54) is 17.3 Å². The first kappa shape index (κ1) is 25.4. The molecule has 4 nitrogen and oxygen atoms in total.